The topological polar surface area (TPSA) is 68.5 Å². The van der Waals surface area contributed by atoms with E-state index in [2.05, 4.69) is 0 Å². The molecule has 0 unspecified atom stereocenters. The fourth-order valence-corrected chi connectivity index (χ4v) is 2.51. The van der Waals surface area contributed by atoms with Crippen molar-refractivity contribution in [3.63, 3.8) is 0 Å². The number of para-hydroxylation sites is 1. The van der Waals surface area contributed by atoms with Gasteiger partial charge in [-0.2, -0.15) is 4.73 Å². The lowest BCUT2D eigenvalue weighted by atomic mass is 10.1. The summed E-state index contributed by atoms with van der Waals surface area (Å²) in [5.41, 5.74) is 0.973. The van der Waals surface area contributed by atoms with Crippen LogP contribution in [0.1, 0.15) is 16.1 Å². The number of ketones is 1. The molecule has 0 saturated heterocycles. The van der Waals surface area contributed by atoms with Crippen molar-refractivity contribution in [2.45, 2.75) is 6.42 Å². The molecule has 5 heteroatoms. The molecule has 0 aliphatic carbocycles. The molecule has 0 amide bonds. The summed E-state index contributed by atoms with van der Waals surface area (Å²) in [6, 6.07) is 14.3. The van der Waals surface area contributed by atoms with E-state index in [0.29, 0.717) is 11.8 Å². The number of fused-ring (bicyclic) bond motifs is 1. The summed E-state index contributed by atoms with van der Waals surface area (Å²) in [4.78, 5) is 28.4. The number of nitrogens with zero attached hydrogens (tertiary/aromatic N) is 1. The number of hydrogen-bond donors (Lipinski definition) is 1. The predicted octanol–water partition coefficient (Wildman–Crippen LogP) is 2.40. The zero-order valence-corrected chi connectivity index (χ0v) is 12.3. The van der Waals surface area contributed by atoms with E-state index in [0.717, 1.165) is 10.9 Å². The van der Waals surface area contributed by atoms with E-state index in [1.54, 1.807) is 30.5 Å². The number of benzene rings is 2. The third-order valence-electron chi connectivity index (χ3n) is 3.63. The van der Waals surface area contributed by atoms with Crippen molar-refractivity contribution in [1.82, 2.24) is 4.73 Å². The van der Waals surface area contributed by atoms with Gasteiger partial charge in [0.05, 0.1) is 6.20 Å². The minimum Gasteiger partial charge on any atom is -0.508 e. The molecule has 0 bridgehead atoms. The number of carbonyl (C=O) groups is 2. The summed E-state index contributed by atoms with van der Waals surface area (Å²) in [6.07, 6.45) is 2.44. The van der Waals surface area contributed by atoms with E-state index in [4.69, 9.17) is 4.84 Å². The predicted molar refractivity (Wildman–Crippen MR) is 85.6 cm³/mol. The number of rotatable bonds is 6. The lowest BCUT2D eigenvalue weighted by molar-refractivity contribution is -0.104. The van der Waals surface area contributed by atoms with Crippen LogP contribution in [0.4, 0.5) is 0 Å². The number of aromatic hydroxyl groups is 1. The van der Waals surface area contributed by atoms with E-state index in [-0.39, 0.29) is 24.3 Å². The van der Waals surface area contributed by atoms with Crippen LogP contribution in [0.2, 0.25) is 0 Å². The molecule has 5 nitrogen and oxygen atoms in total. The molecule has 3 aromatic rings. The molecule has 23 heavy (non-hydrogen) atoms. The highest BCUT2D eigenvalue weighted by Crippen LogP contribution is 2.21. The SMILES string of the molecule is O=CC(=O)c1c2ccccc2cn1OCCc1ccccc1O. The van der Waals surface area contributed by atoms with Gasteiger partial charge in [0.1, 0.15) is 18.1 Å². The molecule has 1 heterocycles. The normalized spacial score (nSPS) is 10.6. The molecule has 0 radical (unpaired) electrons. The molecule has 3 rings (SSSR count). The van der Waals surface area contributed by atoms with E-state index in [9.17, 15) is 14.7 Å². The van der Waals surface area contributed by atoms with Crippen molar-refractivity contribution in [3.05, 3.63) is 66.0 Å². The molecule has 0 aliphatic heterocycles. The maximum Gasteiger partial charge on any atom is 0.245 e. The highest BCUT2D eigenvalue weighted by Gasteiger charge is 2.17. The Morgan fingerprint density at radius 2 is 1.87 bits per heavy atom. The maximum absolute atomic E-state index is 11.9. The van der Waals surface area contributed by atoms with Crippen LogP contribution in [0.5, 0.6) is 5.75 Å². The van der Waals surface area contributed by atoms with Gasteiger partial charge in [-0.1, -0.05) is 42.5 Å². The second-order valence-corrected chi connectivity index (χ2v) is 5.08. The third kappa shape index (κ3) is 2.94. The van der Waals surface area contributed by atoms with Crippen molar-refractivity contribution < 1.29 is 19.5 Å². The smallest absolute Gasteiger partial charge is 0.245 e. The van der Waals surface area contributed by atoms with E-state index in [1.165, 1.54) is 4.73 Å². The van der Waals surface area contributed by atoms with Crippen LogP contribution in [-0.4, -0.2) is 28.5 Å². The van der Waals surface area contributed by atoms with Crippen LogP contribution in [0.25, 0.3) is 10.8 Å². The Bertz CT molecular complexity index is 866. The molecular formula is C18H15NO4. The summed E-state index contributed by atoms with van der Waals surface area (Å²) >= 11 is 0. The number of phenolic OH excluding ortho intramolecular Hbond substituents is 1. The number of phenols is 1. The summed E-state index contributed by atoms with van der Waals surface area (Å²) in [5.74, 6) is -0.424. The molecule has 2 aromatic carbocycles. The summed E-state index contributed by atoms with van der Waals surface area (Å²) in [5, 5.41) is 11.2. The number of Topliss-reactive ketones (excluding diaryl/α,β-unsaturated/α-hetero) is 1. The van der Waals surface area contributed by atoms with Crippen LogP contribution < -0.4 is 4.84 Å². The molecule has 0 fully saturated rings. The van der Waals surface area contributed by atoms with Gasteiger partial charge in [-0.3, -0.25) is 9.59 Å². The molecular weight excluding hydrogens is 294 g/mol. The second kappa shape index (κ2) is 6.36. The highest BCUT2D eigenvalue weighted by molar-refractivity contribution is 6.35. The molecule has 116 valence electrons. The van der Waals surface area contributed by atoms with Gasteiger partial charge in [0.25, 0.3) is 0 Å². The average Bonchev–Trinajstić information content (AvgIpc) is 2.94. The molecule has 0 aliphatic rings. The van der Waals surface area contributed by atoms with Crippen LogP contribution in [0.3, 0.4) is 0 Å². The minimum atomic E-state index is -0.631. The molecule has 0 spiro atoms. The zero-order chi connectivity index (χ0) is 16.2. The Morgan fingerprint density at radius 1 is 1.13 bits per heavy atom. The number of carbonyl (C=O) groups excluding carboxylic acids is 2. The molecule has 1 aromatic heterocycles. The first-order valence-electron chi connectivity index (χ1n) is 7.20. The van der Waals surface area contributed by atoms with Gasteiger partial charge < -0.3 is 9.94 Å². The van der Waals surface area contributed by atoms with E-state index < -0.39 is 5.78 Å². The van der Waals surface area contributed by atoms with Gasteiger partial charge in [0.2, 0.25) is 5.78 Å². The largest absolute Gasteiger partial charge is 0.508 e. The zero-order valence-electron chi connectivity index (χ0n) is 12.3. The minimum absolute atomic E-state index is 0.206. The van der Waals surface area contributed by atoms with Crippen molar-refractivity contribution in [3.8, 4) is 5.75 Å². The standard InChI is InChI=1S/C18H15NO4/c20-12-17(22)18-15-7-3-1-6-14(15)11-19(18)23-10-9-13-5-2-4-8-16(13)21/h1-8,11-12,21H,9-10H2. The van der Waals surface area contributed by atoms with Crippen molar-refractivity contribution in [2.75, 3.05) is 6.61 Å². The van der Waals surface area contributed by atoms with Gasteiger partial charge in [-0.15, -0.1) is 0 Å². The molecule has 1 N–H and O–H groups in total. The number of aldehydes is 1. The Balaban J connectivity index is 1.84. The second-order valence-electron chi connectivity index (χ2n) is 5.08. The van der Waals surface area contributed by atoms with Crippen LogP contribution >= 0.6 is 0 Å². The first-order chi connectivity index (χ1) is 11.2. The maximum atomic E-state index is 11.9. The van der Waals surface area contributed by atoms with Gasteiger partial charge in [-0.05, 0) is 11.6 Å². The van der Waals surface area contributed by atoms with Crippen molar-refractivity contribution >= 4 is 22.8 Å². The fourth-order valence-electron chi connectivity index (χ4n) is 2.51. The number of hydrogen-bond acceptors (Lipinski definition) is 4. The lowest BCUT2D eigenvalue weighted by Gasteiger charge is -2.10. The van der Waals surface area contributed by atoms with Gasteiger partial charge in [0, 0.05) is 17.2 Å². The van der Waals surface area contributed by atoms with Gasteiger partial charge >= 0.3 is 0 Å². The molecule has 0 saturated carbocycles. The van der Waals surface area contributed by atoms with Gasteiger partial charge in [0.15, 0.2) is 6.29 Å². The van der Waals surface area contributed by atoms with Crippen molar-refractivity contribution in [1.29, 1.82) is 0 Å². The summed E-state index contributed by atoms with van der Waals surface area (Å²) in [6.45, 7) is 0.262. The van der Waals surface area contributed by atoms with Crippen LogP contribution in [0, 0.1) is 0 Å². The highest BCUT2D eigenvalue weighted by atomic mass is 16.7. The Labute approximate surface area is 132 Å². The Kier molecular flexibility index (Phi) is 4.10. The summed E-state index contributed by atoms with van der Waals surface area (Å²) in [7, 11) is 0. The third-order valence-corrected chi connectivity index (χ3v) is 3.63. The summed E-state index contributed by atoms with van der Waals surface area (Å²) < 4.78 is 1.33. The first-order valence-corrected chi connectivity index (χ1v) is 7.20. The monoisotopic (exact) mass is 309 g/mol. The quantitative estimate of drug-likeness (QED) is 0.431. The van der Waals surface area contributed by atoms with E-state index in [1.807, 2.05) is 24.3 Å². The Hall–Kier alpha value is -3.08. The molecule has 0 atom stereocenters. The lowest BCUT2D eigenvalue weighted by Crippen LogP contribution is -2.19. The number of aromatic nitrogens is 1. The fraction of sp³-hybridized carbons (Fsp3) is 0.111. The Morgan fingerprint density at radius 3 is 2.65 bits per heavy atom. The van der Waals surface area contributed by atoms with Crippen LogP contribution in [0.15, 0.2) is 54.7 Å². The first kappa shape index (κ1) is 14.8. The van der Waals surface area contributed by atoms with Crippen molar-refractivity contribution in [2.24, 2.45) is 0 Å². The average molecular weight is 309 g/mol. The van der Waals surface area contributed by atoms with Gasteiger partial charge in [-0.25, -0.2) is 0 Å². The van der Waals surface area contributed by atoms with E-state index >= 15 is 0 Å². The van der Waals surface area contributed by atoms with Crippen LogP contribution in [-0.2, 0) is 11.2 Å².